The van der Waals surface area contributed by atoms with Crippen LogP contribution in [0.25, 0.3) is 0 Å². The number of amides is 1. The summed E-state index contributed by atoms with van der Waals surface area (Å²) in [6.07, 6.45) is 1.45. The van der Waals surface area contributed by atoms with Gasteiger partial charge in [0.2, 0.25) is 5.91 Å². The van der Waals surface area contributed by atoms with Gasteiger partial charge in [-0.25, -0.2) is 4.79 Å². The number of anilines is 1. The van der Waals surface area contributed by atoms with Crippen LogP contribution >= 0.6 is 11.3 Å². The number of aryl methyl sites for hydroxylation is 1. The number of hydrogen-bond acceptors (Lipinski definition) is 5. The molecule has 5 nitrogen and oxygen atoms in total. The highest BCUT2D eigenvalue weighted by atomic mass is 32.1. The lowest BCUT2D eigenvalue weighted by molar-refractivity contribution is -0.117. The lowest BCUT2D eigenvalue weighted by atomic mass is 10.1. The fourth-order valence-corrected chi connectivity index (χ4v) is 2.76. The number of esters is 1. The molecule has 1 atom stereocenters. The van der Waals surface area contributed by atoms with Gasteiger partial charge in [0.1, 0.15) is 5.00 Å². The van der Waals surface area contributed by atoms with E-state index < -0.39 is 12.0 Å². The first-order chi connectivity index (χ1) is 8.92. The molecule has 1 rings (SSSR count). The highest BCUT2D eigenvalue weighted by molar-refractivity contribution is 7.16. The largest absolute Gasteiger partial charge is 0.465 e. The second-order valence-corrected chi connectivity index (χ2v) is 5.59. The Bertz CT molecular complexity index is 482. The molecule has 1 amide bonds. The van der Waals surface area contributed by atoms with Gasteiger partial charge in [-0.1, -0.05) is 13.3 Å². The minimum atomic E-state index is -0.557. The van der Waals surface area contributed by atoms with Crippen molar-refractivity contribution in [3.05, 3.63) is 16.0 Å². The molecule has 0 aromatic carbocycles. The molecule has 0 bridgehead atoms. The Labute approximate surface area is 117 Å². The summed E-state index contributed by atoms with van der Waals surface area (Å²) in [7, 11) is 1.32. The van der Waals surface area contributed by atoms with Crippen molar-refractivity contribution in [1.29, 1.82) is 0 Å². The van der Waals surface area contributed by atoms with E-state index >= 15 is 0 Å². The summed E-state index contributed by atoms with van der Waals surface area (Å²) in [5, 5.41) is 3.24. The summed E-state index contributed by atoms with van der Waals surface area (Å²) >= 11 is 1.36. The van der Waals surface area contributed by atoms with Gasteiger partial charge in [-0.05, 0) is 25.8 Å². The van der Waals surface area contributed by atoms with Gasteiger partial charge in [0, 0.05) is 4.88 Å². The Morgan fingerprint density at radius 1 is 1.42 bits per heavy atom. The van der Waals surface area contributed by atoms with Gasteiger partial charge in [0.05, 0.1) is 18.7 Å². The SMILES string of the molecule is CCC[C@@H](N)C(=O)Nc1sc(C)c(C)c1C(=O)OC. The highest BCUT2D eigenvalue weighted by Gasteiger charge is 2.23. The van der Waals surface area contributed by atoms with Gasteiger partial charge in [-0.15, -0.1) is 11.3 Å². The Hall–Kier alpha value is -1.40. The van der Waals surface area contributed by atoms with E-state index in [-0.39, 0.29) is 5.91 Å². The first-order valence-corrected chi connectivity index (χ1v) is 6.98. The number of nitrogens with one attached hydrogen (secondary N) is 1. The monoisotopic (exact) mass is 284 g/mol. The molecule has 0 unspecified atom stereocenters. The van der Waals surface area contributed by atoms with Crippen molar-refractivity contribution < 1.29 is 14.3 Å². The number of carbonyl (C=O) groups excluding carboxylic acids is 2. The summed E-state index contributed by atoms with van der Waals surface area (Å²) < 4.78 is 4.75. The molecule has 0 aliphatic carbocycles. The fraction of sp³-hybridized carbons (Fsp3) is 0.538. The molecule has 0 radical (unpaired) electrons. The third-order valence-electron chi connectivity index (χ3n) is 2.95. The molecular weight excluding hydrogens is 264 g/mol. The molecule has 1 heterocycles. The predicted octanol–water partition coefficient (Wildman–Crippen LogP) is 2.22. The smallest absolute Gasteiger partial charge is 0.341 e. The van der Waals surface area contributed by atoms with Crippen LogP contribution in [0.15, 0.2) is 0 Å². The van der Waals surface area contributed by atoms with E-state index in [1.165, 1.54) is 18.4 Å². The zero-order valence-corrected chi connectivity index (χ0v) is 12.5. The lowest BCUT2D eigenvalue weighted by Crippen LogP contribution is -2.35. The molecule has 1 aromatic heterocycles. The summed E-state index contributed by atoms with van der Waals surface area (Å²) in [6, 6.07) is -0.557. The van der Waals surface area contributed by atoms with Crippen LogP contribution in [-0.4, -0.2) is 25.0 Å². The Morgan fingerprint density at radius 3 is 2.58 bits per heavy atom. The molecule has 3 N–H and O–H groups in total. The summed E-state index contributed by atoms with van der Waals surface area (Å²) in [5.74, 6) is -0.713. The molecule has 0 saturated carbocycles. The van der Waals surface area contributed by atoms with E-state index in [0.29, 0.717) is 17.0 Å². The van der Waals surface area contributed by atoms with E-state index in [1.807, 2.05) is 20.8 Å². The molecule has 0 fully saturated rings. The molecule has 0 spiro atoms. The van der Waals surface area contributed by atoms with E-state index in [1.54, 1.807) is 0 Å². The second kappa shape index (κ2) is 6.68. The van der Waals surface area contributed by atoms with Crippen molar-refractivity contribution in [2.75, 3.05) is 12.4 Å². The number of carbonyl (C=O) groups is 2. The molecule has 19 heavy (non-hydrogen) atoms. The molecule has 1 aromatic rings. The first-order valence-electron chi connectivity index (χ1n) is 6.17. The maximum absolute atomic E-state index is 11.9. The van der Waals surface area contributed by atoms with Crippen LogP contribution in [0.4, 0.5) is 5.00 Å². The van der Waals surface area contributed by atoms with E-state index in [4.69, 9.17) is 10.5 Å². The molecule has 0 aliphatic heterocycles. The van der Waals surface area contributed by atoms with Crippen molar-refractivity contribution in [2.24, 2.45) is 5.73 Å². The first kappa shape index (κ1) is 15.7. The summed E-state index contributed by atoms with van der Waals surface area (Å²) in [4.78, 5) is 24.6. The third kappa shape index (κ3) is 3.54. The topological polar surface area (TPSA) is 81.4 Å². The number of thiophene rings is 1. The van der Waals surface area contributed by atoms with E-state index in [0.717, 1.165) is 16.9 Å². The quantitative estimate of drug-likeness (QED) is 0.812. The summed E-state index contributed by atoms with van der Waals surface area (Å²) in [5.41, 5.74) is 7.00. The molecule has 0 saturated heterocycles. The Morgan fingerprint density at radius 2 is 2.05 bits per heavy atom. The van der Waals surface area contributed by atoms with Crippen LogP contribution in [0.1, 0.15) is 40.6 Å². The van der Waals surface area contributed by atoms with Gasteiger partial charge in [0.15, 0.2) is 0 Å². The van der Waals surface area contributed by atoms with Gasteiger partial charge < -0.3 is 15.8 Å². The lowest BCUT2D eigenvalue weighted by Gasteiger charge is -2.11. The number of methoxy groups -OCH3 is 1. The van der Waals surface area contributed by atoms with E-state index in [9.17, 15) is 9.59 Å². The highest BCUT2D eigenvalue weighted by Crippen LogP contribution is 2.33. The van der Waals surface area contributed by atoms with E-state index in [2.05, 4.69) is 5.32 Å². The van der Waals surface area contributed by atoms with Gasteiger partial charge in [-0.3, -0.25) is 4.79 Å². The zero-order valence-electron chi connectivity index (χ0n) is 11.7. The Balaban J connectivity index is 2.98. The average molecular weight is 284 g/mol. The molecule has 0 aliphatic rings. The van der Waals surface area contributed by atoms with Gasteiger partial charge >= 0.3 is 5.97 Å². The predicted molar refractivity (Wildman–Crippen MR) is 76.6 cm³/mol. The van der Waals surface area contributed by atoms with Crippen molar-refractivity contribution in [1.82, 2.24) is 0 Å². The van der Waals surface area contributed by atoms with Crippen LogP contribution < -0.4 is 11.1 Å². The average Bonchev–Trinajstić information content (AvgIpc) is 2.64. The summed E-state index contributed by atoms with van der Waals surface area (Å²) in [6.45, 7) is 5.69. The number of rotatable bonds is 5. The fourth-order valence-electron chi connectivity index (χ4n) is 1.71. The van der Waals surface area contributed by atoms with Crippen LogP contribution in [0.2, 0.25) is 0 Å². The van der Waals surface area contributed by atoms with Crippen molar-refractivity contribution in [3.8, 4) is 0 Å². The third-order valence-corrected chi connectivity index (χ3v) is 4.07. The van der Waals surface area contributed by atoms with Gasteiger partial charge in [-0.2, -0.15) is 0 Å². The van der Waals surface area contributed by atoms with Crippen molar-refractivity contribution in [2.45, 2.75) is 39.7 Å². The minimum Gasteiger partial charge on any atom is -0.465 e. The Kier molecular flexibility index (Phi) is 5.50. The van der Waals surface area contributed by atoms with Gasteiger partial charge in [0.25, 0.3) is 0 Å². The van der Waals surface area contributed by atoms with Crippen molar-refractivity contribution >= 4 is 28.2 Å². The standard InChI is InChI=1S/C13H20N2O3S/c1-5-6-9(14)11(16)15-12-10(13(17)18-4)7(2)8(3)19-12/h9H,5-6,14H2,1-4H3,(H,15,16)/t9-/m1/s1. The number of ether oxygens (including phenoxy) is 1. The minimum absolute atomic E-state index is 0.270. The van der Waals surface area contributed by atoms with Crippen LogP contribution in [0.3, 0.4) is 0 Å². The van der Waals surface area contributed by atoms with Crippen molar-refractivity contribution in [3.63, 3.8) is 0 Å². The zero-order chi connectivity index (χ0) is 14.6. The molecule has 6 heteroatoms. The normalized spacial score (nSPS) is 12.1. The molecular formula is C13H20N2O3S. The second-order valence-electron chi connectivity index (χ2n) is 4.36. The van der Waals surface area contributed by atoms with Crippen LogP contribution in [0, 0.1) is 13.8 Å². The number of hydrogen-bond donors (Lipinski definition) is 2. The van der Waals surface area contributed by atoms with Crippen LogP contribution in [-0.2, 0) is 9.53 Å². The maximum Gasteiger partial charge on any atom is 0.341 e. The van der Waals surface area contributed by atoms with Crippen LogP contribution in [0.5, 0.6) is 0 Å². The molecule has 106 valence electrons. The maximum atomic E-state index is 11.9. The number of nitrogens with two attached hydrogens (primary N) is 1.